The van der Waals surface area contributed by atoms with Gasteiger partial charge in [-0.3, -0.25) is 9.80 Å². The first-order valence-corrected chi connectivity index (χ1v) is 22.4. The third kappa shape index (κ3) is 27.7. The van der Waals surface area contributed by atoms with Crippen LogP contribution in [0.4, 0.5) is 0 Å². The summed E-state index contributed by atoms with van der Waals surface area (Å²) >= 11 is 0. The molecule has 0 aromatic heterocycles. The van der Waals surface area contributed by atoms with Crippen LogP contribution in [0.5, 0.6) is 0 Å². The quantitative estimate of drug-likeness (QED) is 0.0384. The summed E-state index contributed by atoms with van der Waals surface area (Å²) in [4.78, 5) is 29.8. The van der Waals surface area contributed by atoms with Crippen molar-refractivity contribution in [1.82, 2.24) is 9.80 Å². The average molecular weight is 729 g/mol. The largest absolute Gasteiger partial charge is 0.446 e. The van der Waals surface area contributed by atoms with Gasteiger partial charge >= 0.3 is 11.9 Å². The van der Waals surface area contributed by atoms with Gasteiger partial charge in [-0.15, -0.1) is 0 Å². The SMILES string of the molecule is CCCCCCCCCCCCCCCCN(CC)COC(=O)c1ccc(C(=O)OCN(CC)CCCCCCCCCCCCCCCC)cc1. The number of ether oxygens (including phenoxy) is 2. The van der Waals surface area contributed by atoms with Crippen LogP contribution in [0.25, 0.3) is 0 Å². The standard InChI is InChI=1S/C46H84N2O4/c1-5-9-11-13-15-17-19-21-23-25-27-29-31-33-39-47(7-3)41-51-45(49)43-35-37-44(38-36-43)46(50)52-42-48(8-4)40-34-32-30-28-26-24-22-20-18-16-14-12-10-6-2/h35-38H,5-34,39-42H2,1-4H3. The number of carbonyl (C=O) groups excluding carboxylic acids is 2. The fraction of sp³-hybridized carbons (Fsp3) is 0.826. The Labute approximate surface area is 322 Å². The third-order valence-electron chi connectivity index (χ3n) is 10.7. The predicted molar refractivity (Wildman–Crippen MR) is 222 cm³/mol. The van der Waals surface area contributed by atoms with Crippen molar-refractivity contribution >= 4 is 11.9 Å². The van der Waals surface area contributed by atoms with E-state index >= 15 is 0 Å². The Morgan fingerprint density at radius 2 is 0.615 bits per heavy atom. The molecule has 0 aliphatic heterocycles. The lowest BCUT2D eigenvalue weighted by atomic mass is 10.0. The predicted octanol–water partition coefficient (Wildman–Crippen LogP) is 13.5. The Morgan fingerprint density at radius 1 is 0.385 bits per heavy atom. The molecule has 1 aromatic carbocycles. The van der Waals surface area contributed by atoms with Gasteiger partial charge in [0.05, 0.1) is 11.1 Å². The van der Waals surface area contributed by atoms with Crippen molar-refractivity contribution in [1.29, 1.82) is 0 Å². The minimum Gasteiger partial charge on any atom is -0.446 e. The molecule has 0 unspecified atom stereocenters. The van der Waals surface area contributed by atoms with Gasteiger partial charge in [0.15, 0.2) is 0 Å². The van der Waals surface area contributed by atoms with Crippen LogP contribution in [-0.2, 0) is 9.47 Å². The van der Waals surface area contributed by atoms with E-state index in [9.17, 15) is 9.59 Å². The molecule has 0 radical (unpaired) electrons. The van der Waals surface area contributed by atoms with Crippen molar-refractivity contribution in [3.8, 4) is 0 Å². The molecule has 0 spiro atoms. The van der Waals surface area contributed by atoms with Crippen molar-refractivity contribution in [2.45, 2.75) is 207 Å². The molecule has 6 heteroatoms. The molecule has 0 saturated carbocycles. The van der Waals surface area contributed by atoms with Crippen molar-refractivity contribution < 1.29 is 19.1 Å². The number of carbonyl (C=O) groups is 2. The van der Waals surface area contributed by atoms with Gasteiger partial charge in [-0.25, -0.2) is 9.59 Å². The first-order valence-electron chi connectivity index (χ1n) is 22.4. The number of benzene rings is 1. The van der Waals surface area contributed by atoms with E-state index in [1.54, 1.807) is 24.3 Å². The second-order valence-electron chi connectivity index (χ2n) is 15.3. The minimum atomic E-state index is -0.357. The van der Waals surface area contributed by atoms with E-state index in [2.05, 4.69) is 37.5 Å². The summed E-state index contributed by atoms with van der Waals surface area (Å²) < 4.78 is 11.2. The average Bonchev–Trinajstić information content (AvgIpc) is 3.17. The van der Waals surface area contributed by atoms with E-state index in [0.29, 0.717) is 24.6 Å². The monoisotopic (exact) mass is 729 g/mol. The molecule has 1 rings (SSSR count). The van der Waals surface area contributed by atoms with E-state index in [0.717, 1.165) is 39.0 Å². The molecular weight excluding hydrogens is 645 g/mol. The summed E-state index contributed by atoms with van der Waals surface area (Å²) in [5.74, 6) is -0.714. The van der Waals surface area contributed by atoms with E-state index in [4.69, 9.17) is 9.47 Å². The Bertz CT molecular complexity index is 862. The highest BCUT2D eigenvalue weighted by molar-refractivity contribution is 5.93. The Kier molecular flexibility index (Phi) is 33.4. The van der Waals surface area contributed by atoms with E-state index in [1.807, 2.05) is 0 Å². The second kappa shape index (κ2) is 36.1. The number of hydrogen-bond acceptors (Lipinski definition) is 6. The minimum absolute atomic E-state index is 0.295. The van der Waals surface area contributed by atoms with Gasteiger partial charge in [0.2, 0.25) is 0 Å². The highest BCUT2D eigenvalue weighted by atomic mass is 16.5. The number of nitrogens with zero attached hydrogens (tertiary/aromatic N) is 2. The molecule has 0 amide bonds. The third-order valence-corrected chi connectivity index (χ3v) is 10.7. The highest BCUT2D eigenvalue weighted by Crippen LogP contribution is 2.15. The van der Waals surface area contributed by atoms with Gasteiger partial charge in [0.1, 0.15) is 13.5 Å². The molecule has 302 valence electrons. The smallest absolute Gasteiger partial charge is 0.339 e. The molecule has 0 heterocycles. The lowest BCUT2D eigenvalue weighted by Gasteiger charge is -2.20. The first-order chi connectivity index (χ1) is 25.5. The Balaban J connectivity index is 2.12. The van der Waals surface area contributed by atoms with Crippen molar-refractivity contribution in [2.24, 2.45) is 0 Å². The number of unbranched alkanes of at least 4 members (excludes halogenated alkanes) is 26. The van der Waals surface area contributed by atoms with Gasteiger partial charge in [-0.1, -0.05) is 195 Å². The maximum Gasteiger partial charge on any atom is 0.339 e. The van der Waals surface area contributed by atoms with Crippen molar-refractivity contribution in [2.75, 3.05) is 39.6 Å². The Morgan fingerprint density at radius 3 is 0.846 bits per heavy atom. The molecule has 0 atom stereocenters. The molecule has 0 fully saturated rings. The Hall–Kier alpha value is -1.92. The van der Waals surface area contributed by atoms with Crippen LogP contribution in [0.15, 0.2) is 24.3 Å². The number of hydrogen-bond donors (Lipinski definition) is 0. The lowest BCUT2D eigenvalue weighted by molar-refractivity contribution is 0.0211. The number of esters is 2. The van der Waals surface area contributed by atoms with Gasteiger partial charge in [-0.05, 0) is 50.2 Å². The lowest BCUT2D eigenvalue weighted by Crippen LogP contribution is -2.29. The molecule has 0 aliphatic rings. The van der Waals surface area contributed by atoms with Crippen LogP contribution in [0.1, 0.15) is 228 Å². The molecule has 0 saturated heterocycles. The van der Waals surface area contributed by atoms with Crippen molar-refractivity contribution in [3.63, 3.8) is 0 Å². The van der Waals surface area contributed by atoms with Gasteiger partial charge in [0, 0.05) is 13.1 Å². The molecule has 0 aliphatic carbocycles. The van der Waals surface area contributed by atoms with Crippen LogP contribution < -0.4 is 0 Å². The summed E-state index contributed by atoms with van der Waals surface area (Å²) in [6, 6.07) is 6.65. The summed E-state index contributed by atoms with van der Waals surface area (Å²) in [6.45, 7) is 13.0. The van der Waals surface area contributed by atoms with Crippen LogP contribution in [0.2, 0.25) is 0 Å². The summed E-state index contributed by atoms with van der Waals surface area (Å²) in [7, 11) is 0. The topological polar surface area (TPSA) is 59.1 Å². The zero-order valence-corrected chi connectivity index (χ0v) is 34.9. The molecule has 1 aromatic rings. The molecule has 0 bridgehead atoms. The van der Waals surface area contributed by atoms with Crippen molar-refractivity contribution in [3.05, 3.63) is 35.4 Å². The normalized spacial score (nSPS) is 11.5. The zero-order chi connectivity index (χ0) is 37.7. The van der Waals surface area contributed by atoms with E-state index < -0.39 is 0 Å². The number of rotatable bonds is 38. The molecule has 52 heavy (non-hydrogen) atoms. The molecular formula is C46H84N2O4. The second-order valence-corrected chi connectivity index (χ2v) is 15.3. The molecule has 0 N–H and O–H groups in total. The first kappa shape index (κ1) is 48.1. The summed E-state index contributed by atoms with van der Waals surface area (Å²) in [5, 5.41) is 0. The summed E-state index contributed by atoms with van der Waals surface area (Å²) in [6.07, 6.45) is 37.9. The van der Waals surface area contributed by atoms with Crippen LogP contribution in [0.3, 0.4) is 0 Å². The maximum absolute atomic E-state index is 12.7. The molecule has 6 nitrogen and oxygen atoms in total. The highest BCUT2D eigenvalue weighted by Gasteiger charge is 2.14. The van der Waals surface area contributed by atoms with Crippen LogP contribution in [-0.4, -0.2) is 61.4 Å². The van der Waals surface area contributed by atoms with Crippen LogP contribution in [0, 0.1) is 0 Å². The van der Waals surface area contributed by atoms with E-state index in [1.165, 1.54) is 167 Å². The van der Waals surface area contributed by atoms with E-state index in [-0.39, 0.29) is 11.9 Å². The summed E-state index contributed by atoms with van der Waals surface area (Å²) in [5.41, 5.74) is 0.911. The van der Waals surface area contributed by atoms with Gasteiger partial charge in [0.25, 0.3) is 0 Å². The fourth-order valence-electron chi connectivity index (χ4n) is 6.90. The fourth-order valence-corrected chi connectivity index (χ4v) is 6.90. The maximum atomic E-state index is 12.7. The van der Waals surface area contributed by atoms with Gasteiger partial charge in [-0.2, -0.15) is 0 Å². The van der Waals surface area contributed by atoms with Crippen LogP contribution >= 0.6 is 0 Å². The van der Waals surface area contributed by atoms with Gasteiger partial charge < -0.3 is 9.47 Å². The zero-order valence-electron chi connectivity index (χ0n) is 34.9.